The van der Waals surface area contributed by atoms with Crippen molar-refractivity contribution in [1.29, 1.82) is 0 Å². The number of hydrogen-bond acceptors (Lipinski definition) is 3. The second-order valence-corrected chi connectivity index (χ2v) is 6.75. The second-order valence-electron chi connectivity index (χ2n) is 6.75. The van der Waals surface area contributed by atoms with Gasteiger partial charge in [-0.3, -0.25) is 9.59 Å². The molecule has 0 bridgehead atoms. The fourth-order valence-electron chi connectivity index (χ4n) is 2.01. The molecule has 5 heteroatoms. The van der Waals surface area contributed by atoms with Gasteiger partial charge in [-0.2, -0.15) is 0 Å². The maximum absolute atomic E-state index is 12.5. The number of carbonyl (C=O) groups is 2. The topological polar surface area (TPSA) is 89.4 Å². The molecule has 0 aromatic carbocycles. The molecule has 2 amide bonds. The number of primary amides is 1. The van der Waals surface area contributed by atoms with E-state index in [4.69, 9.17) is 11.5 Å². The van der Waals surface area contributed by atoms with Gasteiger partial charge in [-0.15, -0.1) is 0 Å². The molecule has 104 valence electrons. The molecule has 1 saturated heterocycles. The van der Waals surface area contributed by atoms with E-state index < -0.39 is 16.4 Å². The fourth-order valence-corrected chi connectivity index (χ4v) is 2.01. The average molecular weight is 255 g/mol. The first-order chi connectivity index (χ1) is 7.92. The Morgan fingerprint density at radius 2 is 1.72 bits per heavy atom. The minimum Gasteiger partial charge on any atom is -0.369 e. The molecule has 1 aliphatic rings. The van der Waals surface area contributed by atoms with Gasteiger partial charge in [-0.1, -0.05) is 0 Å². The molecule has 5 nitrogen and oxygen atoms in total. The van der Waals surface area contributed by atoms with Crippen LogP contribution in [-0.2, 0) is 9.59 Å². The number of nitrogens with zero attached hydrogens (tertiary/aromatic N) is 1. The van der Waals surface area contributed by atoms with Crippen LogP contribution >= 0.6 is 0 Å². The lowest BCUT2D eigenvalue weighted by molar-refractivity contribution is -0.143. The van der Waals surface area contributed by atoms with Gasteiger partial charge in [0.15, 0.2) is 0 Å². The van der Waals surface area contributed by atoms with Gasteiger partial charge in [0, 0.05) is 18.6 Å². The normalized spacial score (nSPS) is 25.3. The average Bonchev–Trinajstić information content (AvgIpc) is 2.59. The van der Waals surface area contributed by atoms with Crippen LogP contribution < -0.4 is 11.5 Å². The second kappa shape index (κ2) is 4.23. The quantitative estimate of drug-likeness (QED) is 0.768. The van der Waals surface area contributed by atoms with E-state index in [1.54, 1.807) is 4.90 Å². The molecule has 1 aliphatic heterocycles. The third-order valence-corrected chi connectivity index (χ3v) is 4.50. The zero-order valence-electron chi connectivity index (χ0n) is 12.0. The van der Waals surface area contributed by atoms with Gasteiger partial charge in [-0.25, -0.2) is 0 Å². The van der Waals surface area contributed by atoms with Gasteiger partial charge >= 0.3 is 0 Å². The smallest absolute Gasteiger partial charge is 0.230 e. The van der Waals surface area contributed by atoms with Crippen molar-refractivity contribution in [3.8, 4) is 0 Å². The van der Waals surface area contributed by atoms with E-state index in [1.165, 1.54) is 0 Å². The zero-order valence-corrected chi connectivity index (χ0v) is 12.0. The van der Waals surface area contributed by atoms with E-state index in [-0.39, 0.29) is 11.8 Å². The van der Waals surface area contributed by atoms with E-state index in [9.17, 15) is 9.59 Å². The highest BCUT2D eigenvalue weighted by Crippen LogP contribution is 2.36. The van der Waals surface area contributed by atoms with Gasteiger partial charge < -0.3 is 16.4 Å². The minimum atomic E-state index is -0.671. The summed E-state index contributed by atoms with van der Waals surface area (Å²) in [5, 5.41) is 0. The van der Waals surface area contributed by atoms with Crippen LogP contribution in [-0.4, -0.2) is 35.3 Å². The Bertz CT molecular complexity index is 371. The highest BCUT2D eigenvalue weighted by Gasteiger charge is 2.47. The molecule has 0 aromatic rings. The first kappa shape index (κ1) is 15.0. The van der Waals surface area contributed by atoms with Gasteiger partial charge in [0.25, 0.3) is 0 Å². The van der Waals surface area contributed by atoms with Gasteiger partial charge in [-0.05, 0) is 41.0 Å². The molecule has 1 atom stereocenters. The number of amides is 2. The molecule has 0 spiro atoms. The lowest BCUT2D eigenvalue weighted by atomic mass is 9.74. The van der Waals surface area contributed by atoms with Crippen LogP contribution in [0.4, 0.5) is 0 Å². The van der Waals surface area contributed by atoms with Crippen LogP contribution in [0.2, 0.25) is 0 Å². The zero-order chi connectivity index (χ0) is 14.4. The molecule has 0 saturated carbocycles. The summed E-state index contributed by atoms with van der Waals surface area (Å²) in [5.41, 5.74) is 9.56. The molecule has 0 aliphatic carbocycles. The molecule has 1 heterocycles. The number of rotatable bonds is 3. The Kier molecular flexibility index (Phi) is 3.51. The highest BCUT2D eigenvalue weighted by molar-refractivity contribution is 5.86. The Balaban J connectivity index is 2.87. The Labute approximate surface area is 109 Å². The van der Waals surface area contributed by atoms with Crippen molar-refractivity contribution in [2.75, 3.05) is 13.1 Å². The SMILES string of the molecule is CC1(C(N)=O)CCN(C(=O)C(C)(C)C(C)(C)N)C1. The Morgan fingerprint density at radius 3 is 2.06 bits per heavy atom. The summed E-state index contributed by atoms with van der Waals surface area (Å²) in [6.07, 6.45) is 0.620. The molecule has 1 unspecified atom stereocenters. The predicted octanol–water partition coefficient (Wildman–Crippen LogP) is 0.474. The van der Waals surface area contributed by atoms with Crippen molar-refractivity contribution in [3.05, 3.63) is 0 Å². The van der Waals surface area contributed by atoms with E-state index in [0.717, 1.165) is 0 Å². The van der Waals surface area contributed by atoms with Crippen LogP contribution in [0.1, 0.15) is 41.0 Å². The Hall–Kier alpha value is -1.10. The van der Waals surface area contributed by atoms with Crippen molar-refractivity contribution >= 4 is 11.8 Å². The summed E-state index contributed by atoms with van der Waals surface area (Å²) in [5.74, 6) is -0.359. The first-order valence-electron chi connectivity index (χ1n) is 6.30. The van der Waals surface area contributed by atoms with Crippen LogP contribution in [0.3, 0.4) is 0 Å². The fraction of sp³-hybridized carbons (Fsp3) is 0.846. The van der Waals surface area contributed by atoms with Crippen molar-refractivity contribution < 1.29 is 9.59 Å². The van der Waals surface area contributed by atoms with Crippen LogP contribution in [0.5, 0.6) is 0 Å². The van der Waals surface area contributed by atoms with Gasteiger partial charge in [0.05, 0.1) is 10.8 Å². The molecule has 0 aromatic heterocycles. The molecular formula is C13H25N3O2. The summed E-state index contributed by atoms with van der Waals surface area (Å²) in [6, 6.07) is 0. The van der Waals surface area contributed by atoms with E-state index in [0.29, 0.717) is 19.5 Å². The lowest BCUT2D eigenvalue weighted by Crippen LogP contribution is -2.56. The summed E-state index contributed by atoms with van der Waals surface area (Å²) in [7, 11) is 0. The van der Waals surface area contributed by atoms with Crippen LogP contribution in [0.25, 0.3) is 0 Å². The molecule has 4 N–H and O–H groups in total. The maximum Gasteiger partial charge on any atom is 0.230 e. The van der Waals surface area contributed by atoms with E-state index in [1.807, 2.05) is 34.6 Å². The third kappa shape index (κ3) is 2.36. The van der Waals surface area contributed by atoms with Crippen molar-refractivity contribution in [1.82, 2.24) is 4.90 Å². The summed E-state index contributed by atoms with van der Waals surface area (Å²) < 4.78 is 0. The van der Waals surface area contributed by atoms with Crippen molar-refractivity contribution in [2.24, 2.45) is 22.3 Å². The number of carbonyl (C=O) groups excluding carboxylic acids is 2. The molecule has 1 fully saturated rings. The third-order valence-electron chi connectivity index (χ3n) is 4.50. The van der Waals surface area contributed by atoms with Gasteiger partial charge in [0.1, 0.15) is 0 Å². The maximum atomic E-state index is 12.5. The van der Waals surface area contributed by atoms with Gasteiger partial charge in [0.2, 0.25) is 11.8 Å². The van der Waals surface area contributed by atoms with E-state index in [2.05, 4.69) is 0 Å². The molecule has 1 rings (SSSR count). The molecule has 0 radical (unpaired) electrons. The summed E-state index contributed by atoms with van der Waals surface area (Å²) in [4.78, 5) is 25.6. The van der Waals surface area contributed by atoms with Crippen LogP contribution in [0, 0.1) is 10.8 Å². The first-order valence-corrected chi connectivity index (χ1v) is 6.30. The van der Waals surface area contributed by atoms with Crippen LogP contribution in [0.15, 0.2) is 0 Å². The molecule has 18 heavy (non-hydrogen) atoms. The largest absolute Gasteiger partial charge is 0.369 e. The number of hydrogen-bond donors (Lipinski definition) is 2. The predicted molar refractivity (Wildman–Crippen MR) is 70.5 cm³/mol. The number of nitrogens with two attached hydrogens (primary N) is 2. The Morgan fingerprint density at radius 1 is 1.22 bits per heavy atom. The monoisotopic (exact) mass is 255 g/mol. The standard InChI is InChI=1S/C13H25N3O2/c1-11(2,12(3,4)15)10(18)16-7-6-13(5,8-16)9(14)17/h6-8,15H2,1-5H3,(H2,14,17). The molecular weight excluding hydrogens is 230 g/mol. The van der Waals surface area contributed by atoms with Crippen molar-refractivity contribution in [3.63, 3.8) is 0 Å². The highest BCUT2D eigenvalue weighted by atomic mass is 16.2. The lowest BCUT2D eigenvalue weighted by Gasteiger charge is -2.40. The summed E-state index contributed by atoms with van der Waals surface area (Å²) >= 11 is 0. The van der Waals surface area contributed by atoms with E-state index >= 15 is 0 Å². The van der Waals surface area contributed by atoms with Crippen molar-refractivity contribution in [2.45, 2.75) is 46.6 Å². The minimum absolute atomic E-state index is 0.0139. The summed E-state index contributed by atoms with van der Waals surface area (Å²) in [6.45, 7) is 10.1. The number of likely N-dealkylation sites (tertiary alicyclic amines) is 1.